The second-order valence-corrected chi connectivity index (χ2v) is 5.94. The first-order chi connectivity index (χ1) is 9.06. The van der Waals surface area contributed by atoms with Crippen LogP contribution < -0.4 is 5.73 Å². The predicted octanol–water partition coefficient (Wildman–Crippen LogP) is 4.12. The lowest BCUT2D eigenvalue weighted by atomic mass is 9.77. The van der Waals surface area contributed by atoms with Crippen LogP contribution in [-0.4, -0.2) is 6.54 Å². The highest BCUT2D eigenvalue weighted by molar-refractivity contribution is 5.26. The van der Waals surface area contributed by atoms with Crippen molar-refractivity contribution in [3.05, 3.63) is 34.9 Å². The van der Waals surface area contributed by atoms with Gasteiger partial charge in [-0.2, -0.15) is 0 Å². The van der Waals surface area contributed by atoms with E-state index in [9.17, 15) is 8.78 Å². The highest BCUT2D eigenvalue weighted by Gasteiger charge is 2.32. The summed E-state index contributed by atoms with van der Waals surface area (Å²) in [5.41, 5.74) is 7.17. The molecule has 0 saturated heterocycles. The van der Waals surface area contributed by atoms with Gasteiger partial charge in [0.15, 0.2) is 0 Å². The van der Waals surface area contributed by atoms with Gasteiger partial charge in [0.2, 0.25) is 0 Å². The molecule has 1 nitrogen and oxygen atoms in total. The van der Waals surface area contributed by atoms with Crippen LogP contribution in [0.1, 0.15) is 49.7 Å². The Morgan fingerprint density at radius 3 is 2.42 bits per heavy atom. The molecule has 0 radical (unpaired) electrons. The average molecular weight is 267 g/mol. The Labute approximate surface area is 114 Å². The number of hydrogen-bond acceptors (Lipinski definition) is 1. The molecule has 0 atom stereocenters. The third-order valence-corrected chi connectivity index (χ3v) is 4.59. The van der Waals surface area contributed by atoms with Gasteiger partial charge >= 0.3 is 0 Å². The summed E-state index contributed by atoms with van der Waals surface area (Å²) in [5, 5.41) is 0. The summed E-state index contributed by atoms with van der Waals surface area (Å²) in [6.07, 6.45) is 7.59. The Morgan fingerprint density at radius 2 is 1.79 bits per heavy atom. The molecule has 3 heteroatoms. The van der Waals surface area contributed by atoms with Crippen molar-refractivity contribution >= 4 is 0 Å². The molecule has 1 saturated carbocycles. The molecule has 2 rings (SSSR count). The minimum atomic E-state index is -0.459. The Balaban J connectivity index is 2.07. The molecule has 1 aliphatic carbocycles. The van der Waals surface area contributed by atoms with Crippen LogP contribution >= 0.6 is 0 Å². The van der Waals surface area contributed by atoms with E-state index in [1.807, 2.05) is 0 Å². The van der Waals surface area contributed by atoms with E-state index in [-0.39, 0.29) is 0 Å². The van der Waals surface area contributed by atoms with Crippen LogP contribution in [0.2, 0.25) is 0 Å². The monoisotopic (exact) mass is 267 g/mol. The minimum Gasteiger partial charge on any atom is -0.330 e. The topological polar surface area (TPSA) is 26.0 Å². The van der Waals surface area contributed by atoms with E-state index in [1.54, 1.807) is 13.0 Å². The van der Waals surface area contributed by atoms with Gasteiger partial charge in [-0.1, -0.05) is 18.9 Å². The molecule has 1 aromatic carbocycles. The van der Waals surface area contributed by atoms with E-state index in [0.29, 0.717) is 29.5 Å². The van der Waals surface area contributed by atoms with Crippen molar-refractivity contribution in [1.82, 2.24) is 0 Å². The highest BCUT2D eigenvalue weighted by atomic mass is 19.1. The van der Waals surface area contributed by atoms with Gasteiger partial charge in [-0.15, -0.1) is 0 Å². The largest absolute Gasteiger partial charge is 0.330 e. The molecular weight excluding hydrogens is 244 g/mol. The number of benzene rings is 1. The molecule has 0 aromatic heterocycles. The Hall–Kier alpha value is -0.960. The van der Waals surface area contributed by atoms with Crippen LogP contribution in [-0.2, 0) is 6.42 Å². The molecule has 1 fully saturated rings. The molecule has 1 aliphatic rings. The summed E-state index contributed by atoms with van der Waals surface area (Å²) in [6.45, 7) is 2.38. The van der Waals surface area contributed by atoms with Crippen LogP contribution in [0.25, 0.3) is 0 Å². The number of rotatable bonds is 5. The second kappa shape index (κ2) is 6.00. The minimum absolute atomic E-state index is 0.295. The van der Waals surface area contributed by atoms with Gasteiger partial charge in [0, 0.05) is 6.07 Å². The Kier molecular flexibility index (Phi) is 4.56. The molecule has 0 spiro atoms. The van der Waals surface area contributed by atoms with Crippen molar-refractivity contribution < 1.29 is 8.78 Å². The van der Waals surface area contributed by atoms with Gasteiger partial charge in [0.1, 0.15) is 11.6 Å². The molecule has 2 N–H and O–H groups in total. The zero-order chi connectivity index (χ0) is 13.9. The van der Waals surface area contributed by atoms with Crippen molar-refractivity contribution in [2.75, 3.05) is 6.54 Å². The van der Waals surface area contributed by atoms with Crippen LogP contribution in [0.5, 0.6) is 0 Å². The Bertz CT molecular complexity index is 437. The zero-order valence-electron chi connectivity index (χ0n) is 11.6. The summed E-state index contributed by atoms with van der Waals surface area (Å²) in [5.74, 6) is -0.872. The molecule has 0 aliphatic heterocycles. The molecular formula is C16H23F2N. The number of hydrogen-bond donors (Lipinski definition) is 1. The Morgan fingerprint density at radius 1 is 1.11 bits per heavy atom. The van der Waals surface area contributed by atoms with E-state index in [2.05, 4.69) is 0 Å². The SMILES string of the molecule is Cc1cc(CCC2(CCN)CCCC2)c(F)cc1F. The third-order valence-electron chi connectivity index (χ3n) is 4.59. The average Bonchev–Trinajstić information content (AvgIpc) is 2.82. The van der Waals surface area contributed by atoms with E-state index in [1.165, 1.54) is 25.7 Å². The summed E-state index contributed by atoms with van der Waals surface area (Å²) < 4.78 is 27.0. The van der Waals surface area contributed by atoms with Crippen molar-refractivity contribution in [3.63, 3.8) is 0 Å². The number of nitrogens with two attached hydrogens (primary N) is 1. The van der Waals surface area contributed by atoms with Gasteiger partial charge in [-0.05, 0) is 62.1 Å². The van der Waals surface area contributed by atoms with Crippen molar-refractivity contribution in [2.24, 2.45) is 11.1 Å². The van der Waals surface area contributed by atoms with Gasteiger partial charge in [-0.25, -0.2) is 8.78 Å². The standard InChI is InChI=1S/C16H23F2N/c1-12-10-13(15(18)11-14(12)17)4-7-16(8-9-19)5-2-3-6-16/h10-11H,2-9,19H2,1H3. The van der Waals surface area contributed by atoms with Crippen LogP contribution in [0.4, 0.5) is 8.78 Å². The molecule has 1 aromatic rings. The van der Waals surface area contributed by atoms with Crippen molar-refractivity contribution in [2.45, 2.75) is 51.9 Å². The molecule has 0 unspecified atom stereocenters. The first-order valence-electron chi connectivity index (χ1n) is 7.21. The van der Waals surface area contributed by atoms with Crippen molar-refractivity contribution in [3.8, 4) is 0 Å². The fraction of sp³-hybridized carbons (Fsp3) is 0.625. The second-order valence-electron chi connectivity index (χ2n) is 5.94. The fourth-order valence-corrected chi connectivity index (χ4v) is 3.36. The summed E-state index contributed by atoms with van der Waals surface area (Å²) in [7, 11) is 0. The summed E-state index contributed by atoms with van der Waals surface area (Å²) in [4.78, 5) is 0. The quantitative estimate of drug-likeness (QED) is 0.853. The van der Waals surface area contributed by atoms with E-state index < -0.39 is 11.6 Å². The molecule has 19 heavy (non-hydrogen) atoms. The maximum atomic E-state index is 13.8. The van der Waals surface area contributed by atoms with Crippen molar-refractivity contribution in [1.29, 1.82) is 0 Å². The number of aryl methyl sites for hydroxylation is 2. The lowest BCUT2D eigenvalue weighted by Crippen LogP contribution is -2.22. The van der Waals surface area contributed by atoms with Crippen LogP contribution in [0.15, 0.2) is 12.1 Å². The summed E-state index contributed by atoms with van der Waals surface area (Å²) >= 11 is 0. The normalized spacial score (nSPS) is 17.9. The van der Waals surface area contributed by atoms with Gasteiger partial charge in [-0.3, -0.25) is 0 Å². The van der Waals surface area contributed by atoms with Crippen LogP contribution in [0.3, 0.4) is 0 Å². The van der Waals surface area contributed by atoms with Gasteiger partial charge in [0.05, 0.1) is 0 Å². The molecule has 0 bridgehead atoms. The maximum Gasteiger partial charge on any atom is 0.129 e. The third kappa shape index (κ3) is 3.33. The zero-order valence-corrected chi connectivity index (χ0v) is 11.6. The maximum absolute atomic E-state index is 13.8. The lowest BCUT2D eigenvalue weighted by molar-refractivity contribution is 0.252. The molecule has 0 heterocycles. The first kappa shape index (κ1) is 14.4. The first-order valence-corrected chi connectivity index (χ1v) is 7.21. The lowest BCUT2D eigenvalue weighted by Gasteiger charge is -2.28. The van der Waals surface area contributed by atoms with E-state index >= 15 is 0 Å². The number of halogens is 2. The molecule has 106 valence electrons. The molecule has 0 amide bonds. The van der Waals surface area contributed by atoms with E-state index in [4.69, 9.17) is 5.73 Å². The van der Waals surface area contributed by atoms with Gasteiger partial charge < -0.3 is 5.73 Å². The van der Waals surface area contributed by atoms with Gasteiger partial charge in [0.25, 0.3) is 0 Å². The van der Waals surface area contributed by atoms with E-state index in [0.717, 1.165) is 18.9 Å². The highest BCUT2D eigenvalue weighted by Crippen LogP contribution is 2.44. The predicted molar refractivity (Wildman–Crippen MR) is 74.0 cm³/mol. The summed E-state index contributed by atoms with van der Waals surface area (Å²) in [6, 6.07) is 2.66. The fourth-order valence-electron chi connectivity index (χ4n) is 3.36. The smallest absolute Gasteiger partial charge is 0.129 e. The van der Waals surface area contributed by atoms with Crippen LogP contribution in [0, 0.1) is 24.0 Å².